The number of piperidine rings is 1. The van der Waals surface area contributed by atoms with Crippen LogP contribution in [-0.4, -0.2) is 44.6 Å². The molecule has 1 N–H and O–H groups in total. The molecule has 5 rings (SSSR count). The van der Waals surface area contributed by atoms with Gasteiger partial charge in [-0.25, -0.2) is 19.7 Å². The summed E-state index contributed by atoms with van der Waals surface area (Å²) in [7, 11) is 0. The summed E-state index contributed by atoms with van der Waals surface area (Å²) in [4.78, 5) is 29.0. The highest BCUT2D eigenvalue weighted by atomic mass is 32.2. The highest BCUT2D eigenvalue weighted by molar-refractivity contribution is 7.99. The van der Waals surface area contributed by atoms with E-state index in [4.69, 9.17) is 14.5 Å². The highest BCUT2D eigenvalue weighted by Gasteiger charge is 2.28. The number of likely N-dealkylation sites (tertiary alicyclic amines) is 1. The number of carbonyl (C=O) groups excluding carboxylic acids is 1. The van der Waals surface area contributed by atoms with E-state index in [0.29, 0.717) is 30.6 Å². The predicted octanol–water partition coefficient (Wildman–Crippen LogP) is 7.73. The minimum atomic E-state index is -0.490. The van der Waals surface area contributed by atoms with E-state index >= 15 is 0 Å². The van der Waals surface area contributed by atoms with Gasteiger partial charge in [-0.3, -0.25) is 0 Å². The number of hydrogen-bond acceptors (Lipinski definition) is 9. The molecule has 4 heterocycles. The molecule has 0 aliphatic carbocycles. The molecule has 0 radical (unpaired) electrons. The third kappa shape index (κ3) is 7.48. The number of rotatable bonds is 7. The van der Waals surface area contributed by atoms with Crippen LogP contribution in [0.4, 0.5) is 15.7 Å². The Labute approximate surface area is 236 Å². The Morgan fingerprint density at radius 2 is 1.85 bits per heavy atom. The number of carbonyl (C=O) groups is 1. The summed E-state index contributed by atoms with van der Waals surface area (Å²) in [6, 6.07) is 17.4. The van der Waals surface area contributed by atoms with Gasteiger partial charge in [-0.2, -0.15) is 0 Å². The average Bonchev–Trinajstić information content (AvgIpc) is 3.39. The molecule has 0 atom stereocenters. The molecule has 0 saturated carbocycles. The van der Waals surface area contributed by atoms with Crippen LogP contribution in [0.2, 0.25) is 0 Å². The third-order valence-corrected chi connectivity index (χ3v) is 7.66. The number of anilines is 2. The maximum atomic E-state index is 12.4. The molecule has 3 aromatic heterocycles. The number of benzene rings is 1. The fraction of sp³-hybridized carbons (Fsp3) is 0.310. The van der Waals surface area contributed by atoms with Gasteiger partial charge in [0, 0.05) is 47.7 Å². The van der Waals surface area contributed by atoms with Crippen LogP contribution in [0, 0.1) is 0 Å². The molecule has 202 valence electrons. The van der Waals surface area contributed by atoms with Crippen LogP contribution in [0.25, 0.3) is 0 Å². The number of ether oxygens (including phenoxy) is 2. The molecule has 0 spiro atoms. The highest BCUT2D eigenvalue weighted by Crippen LogP contribution is 2.37. The van der Waals surface area contributed by atoms with Gasteiger partial charge in [0.05, 0.1) is 5.69 Å². The van der Waals surface area contributed by atoms with Crippen LogP contribution in [-0.2, 0) is 4.74 Å². The van der Waals surface area contributed by atoms with Crippen molar-refractivity contribution in [2.45, 2.75) is 55.1 Å². The number of hydrogen-bond donors (Lipinski definition) is 1. The number of para-hydroxylation sites is 1. The molecule has 1 aliphatic rings. The number of nitrogens with zero attached hydrogens (tertiary/aromatic N) is 4. The number of thiazole rings is 1. The van der Waals surface area contributed by atoms with Gasteiger partial charge in [0.15, 0.2) is 16.7 Å². The van der Waals surface area contributed by atoms with Crippen molar-refractivity contribution in [1.29, 1.82) is 0 Å². The fourth-order valence-electron chi connectivity index (χ4n) is 4.11. The smallest absolute Gasteiger partial charge is 0.410 e. The van der Waals surface area contributed by atoms with Crippen molar-refractivity contribution >= 4 is 40.1 Å². The fourth-order valence-corrected chi connectivity index (χ4v) is 5.68. The molecule has 8 nitrogen and oxygen atoms in total. The second-order valence-electron chi connectivity index (χ2n) is 10.1. The Morgan fingerprint density at radius 1 is 1.08 bits per heavy atom. The van der Waals surface area contributed by atoms with Gasteiger partial charge in [0.1, 0.15) is 16.4 Å². The van der Waals surface area contributed by atoms with Gasteiger partial charge in [-0.05, 0) is 57.9 Å². The first-order valence-electron chi connectivity index (χ1n) is 12.8. The average molecular weight is 562 g/mol. The Morgan fingerprint density at radius 3 is 2.56 bits per heavy atom. The first kappa shape index (κ1) is 27.0. The molecule has 0 bridgehead atoms. The van der Waals surface area contributed by atoms with Crippen LogP contribution in [0.1, 0.15) is 45.2 Å². The molecule has 0 unspecified atom stereocenters. The molecular formula is C29H31N5O3S2. The molecule has 1 fully saturated rings. The summed E-state index contributed by atoms with van der Waals surface area (Å²) >= 11 is 3.06. The normalized spacial score (nSPS) is 14.2. The summed E-state index contributed by atoms with van der Waals surface area (Å²) in [5, 5.41) is 7.07. The van der Waals surface area contributed by atoms with Gasteiger partial charge < -0.3 is 19.7 Å². The van der Waals surface area contributed by atoms with E-state index in [0.717, 1.165) is 39.3 Å². The van der Waals surface area contributed by atoms with E-state index in [9.17, 15) is 4.79 Å². The van der Waals surface area contributed by atoms with Crippen LogP contribution in [0.5, 0.6) is 11.5 Å². The first-order chi connectivity index (χ1) is 18.8. The third-order valence-electron chi connectivity index (χ3n) is 5.97. The molecular weight excluding hydrogens is 530 g/mol. The maximum Gasteiger partial charge on any atom is 0.410 e. The molecule has 1 aromatic carbocycles. The quantitative estimate of drug-likeness (QED) is 0.245. The lowest BCUT2D eigenvalue weighted by molar-refractivity contribution is 0.0204. The van der Waals surface area contributed by atoms with E-state index in [1.807, 2.05) is 75.4 Å². The zero-order valence-corrected chi connectivity index (χ0v) is 23.8. The summed E-state index contributed by atoms with van der Waals surface area (Å²) in [6.45, 7) is 6.98. The minimum absolute atomic E-state index is 0.247. The standard InChI is InChI=1S/C29H31N5O3S2/c1-29(2,3)37-28(35)34-15-12-20(13-16-34)23-19-38-27(32-23)33-26-24(36-21-9-5-4-6-10-21)17-22(18-31-26)39-25-11-7-8-14-30-25/h4-11,14,17-20H,12-13,15-16H2,1-3H3,(H,31,32,33). The molecule has 39 heavy (non-hydrogen) atoms. The number of aromatic nitrogens is 3. The lowest BCUT2D eigenvalue weighted by Crippen LogP contribution is -2.41. The topological polar surface area (TPSA) is 89.5 Å². The van der Waals surface area contributed by atoms with Crippen molar-refractivity contribution in [3.05, 3.63) is 78.1 Å². The lowest BCUT2D eigenvalue weighted by atomic mass is 9.94. The first-order valence-corrected chi connectivity index (χ1v) is 14.5. The van der Waals surface area contributed by atoms with E-state index in [1.165, 1.54) is 23.1 Å². The van der Waals surface area contributed by atoms with Crippen molar-refractivity contribution < 1.29 is 14.3 Å². The van der Waals surface area contributed by atoms with Crippen molar-refractivity contribution in [2.24, 2.45) is 0 Å². The Kier molecular flexibility index (Phi) is 8.33. The van der Waals surface area contributed by atoms with Crippen LogP contribution in [0.15, 0.2) is 82.3 Å². The largest absolute Gasteiger partial charge is 0.453 e. The van der Waals surface area contributed by atoms with Crippen LogP contribution >= 0.6 is 23.1 Å². The predicted molar refractivity (Wildman–Crippen MR) is 154 cm³/mol. The molecule has 1 aliphatic heterocycles. The molecule has 4 aromatic rings. The van der Waals surface area contributed by atoms with E-state index in [2.05, 4.69) is 20.7 Å². The molecule has 1 saturated heterocycles. The van der Waals surface area contributed by atoms with Gasteiger partial charge in [0.2, 0.25) is 0 Å². The Hall–Kier alpha value is -3.63. The van der Waals surface area contributed by atoms with Crippen LogP contribution in [0.3, 0.4) is 0 Å². The van der Waals surface area contributed by atoms with Crippen molar-refractivity contribution in [3.8, 4) is 11.5 Å². The molecule has 1 amide bonds. The monoisotopic (exact) mass is 561 g/mol. The van der Waals surface area contributed by atoms with E-state index < -0.39 is 5.60 Å². The van der Waals surface area contributed by atoms with Crippen molar-refractivity contribution in [3.63, 3.8) is 0 Å². The summed E-state index contributed by atoms with van der Waals surface area (Å²) in [6.07, 6.45) is 5.03. The summed E-state index contributed by atoms with van der Waals surface area (Å²) in [5.74, 6) is 2.20. The second-order valence-corrected chi connectivity index (χ2v) is 12.1. The lowest BCUT2D eigenvalue weighted by Gasteiger charge is -2.32. The minimum Gasteiger partial charge on any atom is -0.453 e. The van der Waals surface area contributed by atoms with Crippen molar-refractivity contribution in [2.75, 3.05) is 18.4 Å². The SMILES string of the molecule is CC(C)(C)OC(=O)N1CCC(c2csc(Nc3ncc(Sc4ccccn4)cc3Oc3ccccc3)n2)CC1. The van der Waals surface area contributed by atoms with Gasteiger partial charge in [0.25, 0.3) is 0 Å². The number of pyridine rings is 2. The summed E-state index contributed by atoms with van der Waals surface area (Å²) in [5.41, 5.74) is 0.537. The zero-order valence-electron chi connectivity index (χ0n) is 22.2. The zero-order chi connectivity index (χ0) is 27.2. The van der Waals surface area contributed by atoms with E-state index in [1.54, 1.807) is 17.3 Å². The second kappa shape index (κ2) is 12.0. The van der Waals surface area contributed by atoms with E-state index in [-0.39, 0.29) is 6.09 Å². The Balaban J connectivity index is 1.28. The Bertz CT molecular complexity index is 1390. The van der Waals surface area contributed by atoms with Crippen molar-refractivity contribution in [1.82, 2.24) is 19.9 Å². The number of nitrogens with one attached hydrogen (secondary N) is 1. The maximum absolute atomic E-state index is 12.4. The van der Waals surface area contributed by atoms with Gasteiger partial charge in [-0.15, -0.1) is 11.3 Å². The van der Waals surface area contributed by atoms with Gasteiger partial charge >= 0.3 is 6.09 Å². The molecule has 10 heteroatoms. The van der Waals surface area contributed by atoms with Gasteiger partial charge in [-0.1, -0.05) is 36.0 Å². The summed E-state index contributed by atoms with van der Waals surface area (Å²) < 4.78 is 11.7. The van der Waals surface area contributed by atoms with Crippen LogP contribution < -0.4 is 10.1 Å². The number of amides is 1.